The summed E-state index contributed by atoms with van der Waals surface area (Å²) in [7, 11) is 0. The van der Waals surface area contributed by atoms with Crippen molar-refractivity contribution in [2.45, 2.75) is 25.9 Å². The van der Waals surface area contributed by atoms with Gasteiger partial charge in [0.05, 0.1) is 5.69 Å². The van der Waals surface area contributed by atoms with Crippen LogP contribution in [0.2, 0.25) is 0 Å². The molecule has 1 fully saturated rings. The van der Waals surface area contributed by atoms with Crippen molar-refractivity contribution >= 4 is 0 Å². The third kappa shape index (κ3) is 3.01. The van der Waals surface area contributed by atoms with Crippen molar-refractivity contribution in [1.29, 1.82) is 0 Å². The summed E-state index contributed by atoms with van der Waals surface area (Å²) in [5.74, 6) is 0. The Hall–Kier alpha value is -0.930. The number of pyridine rings is 1. The fraction of sp³-hybridized carbons (Fsp3) is 0.583. The van der Waals surface area contributed by atoms with Crippen LogP contribution in [0.25, 0.3) is 0 Å². The van der Waals surface area contributed by atoms with Crippen LogP contribution in [0.4, 0.5) is 0 Å². The van der Waals surface area contributed by atoms with E-state index in [-0.39, 0.29) is 0 Å². The van der Waals surface area contributed by atoms with Crippen LogP contribution in [0.15, 0.2) is 24.4 Å². The first-order valence-corrected chi connectivity index (χ1v) is 5.74. The number of likely N-dealkylation sites (tertiary alicyclic amines) is 1. The van der Waals surface area contributed by atoms with Gasteiger partial charge in [-0.2, -0.15) is 0 Å². The van der Waals surface area contributed by atoms with Crippen molar-refractivity contribution in [1.82, 2.24) is 15.2 Å². The van der Waals surface area contributed by atoms with Crippen LogP contribution in [0, 0.1) is 0 Å². The van der Waals surface area contributed by atoms with Crippen LogP contribution in [0.1, 0.15) is 19.0 Å². The van der Waals surface area contributed by atoms with Crippen LogP contribution in [0.3, 0.4) is 0 Å². The maximum Gasteiger partial charge on any atom is 0.0541 e. The molecule has 15 heavy (non-hydrogen) atoms. The van der Waals surface area contributed by atoms with Crippen molar-refractivity contribution in [2.75, 3.05) is 19.6 Å². The van der Waals surface area contributed by atoms with E-state index in [2.05, 4.69) is 28.2 Å². The second kappa shape index (κ2) is 5.24. The Morgan fingerprint density at radius 1 is 1.53 bits per heavy atom. The molecule has 82 valence electrons. The molecule has 1 unspecified atom stereocenters. The molecular weight excluding hydrogens is 186 g/mol. The molecular formula is C12H19N3. The van der Waals surface area contributed by atoms with E-state index in [1.165, 1.54) is 26.1 Å². The lowest BCUT2D eigenvalue weighted by molar-refractivity contribution is 0.345. The van der Waals surface area contributed by atoms with Crippen LogP contribution in [-0.2, 0) is 6.54 Å². The van der Waals surface area contributed by atoms with E-state index in [1.54, 1.807) is 0 Å². The van der Waals surface area contributed by atoms with Gasteiger partial charge in [-0.05, 0) is 31.6 Å². The quantitative estimate of drug-likeness (QED) is 0.802. The highest BCUT2D eigenvalue weighted by Crippen LogP contribution is 2.08. The minimum atomic E-state index is 0.645. The van der Waals surface area contributed by atoms with Crippen LogP contribution in [-0.4, -0.2) is 35.6 Å². The van der Waals surface area contributed by atoms with E-state index in [0.717, 1.165) is 12.2 Å². The summed E-state index contributed by atoms with van der Waals surface area (Å²) in [5, 5.41) is 3.56. The lowest BCUT2D eigenvalue weighted by atomic mass is 10.2. The second-order valence-electron chi connectivity index (χ2n) is 4.08. The van der Waals surface area contributed by atoms with E-state index in [0.29, 0.717) is 6.04 Å². The second-order valence-corrected chi connectivity index (χ2v) is 4.08. The largest absolute Gasteiger partial charge is 0.307 e. The minimum Gasteiger partial charge on any atom is -0.307 e. The van der Waals surface area contributed by atoms with Gasteiger partial charge in [0.2, 0.25) is 0 Å². The third-order valence-electron chi connectivity index (χ3n) is 3.02. The molecule has 1 aromatic rings. The van der Waals surface area contributed by atoms with Crippen LogP contribution in [0.5, 0.6) is 0 Å². The van der Waals surface area contributed by atoms with E-state index < -0.39 is 0 Å². The molecule has 2 rings (SSSR count). The first-order valence-electron chi connectivity index (χ1n) is 5.74. The summed E-state index contributed by atoms with van der Waals surface area (Å²) in [4.78, 5) is 6.79. The van der Waals surface area contributed by atoms with E-state index in [1.807, 2.05) is 18.3 Å². The van der Waals surface area contributed by atoms with Crippen LogP contribution < -0.4 is 5.32 Å². The molecule has 1 aliphatic rings. The van der Waals surface area contributed by atoms with Crippen LogP contribution >= 0.6 is 0 Å². The monoisotopic (exact) mass is 205 g/mol. The highest BCUT2D eigenvalue weighted by molar-refractivity contribution is 5.03. The molecule has 0 bridgehead atoms. The average molecular weight is 205 g/mol. The summed E-state index contributed by atoms with van der Waals surface area (Å²) in [6.07, 6.45) is 3.12. The Morgan fingerprint density at radius 2 is 2.47 bits per heavy atom. The zero-order chi connectivity index (χ0) is 10.5. The fourth-order valence-corrected chi connectivity index (χ4v) is 2.04. The lowest BCUT2D eigenvalue weighted by Crippen LogP contribution is -2.32. The smallest absolute Gasteiger partial charge is 0.0541 e. The number of hydrogen-bond acceptors (Lipinski definition) is 3. The van der Waals surface area contributed by atoms with Gasteiger partial charge in [-0.3, -0.25) is 4.98 Å². The Bertz CT molecular complexity index is 286. The third-order valence-corrected chi connectivity index (χ3v) is 3.02. The van der Waals surface area contributed by atoms with E-state index >= 15 is 0 Å². The number of rotatable bonds is 4. The summed E-state index contributed by atoms with van der Waals surface area (Å²) < 4.78 is 0. The Labute approximate surface area is 91.5 Å². The molecule has 1 aromatic heterocycles. The van der Waals surface area contributed by atoms with Gasteiger partial charge >= 0.3 is 0 Å². The maximum absolute atomic E-state index is 4.30. The molecule has 1 saturated heterocycles. The van der Waals surface area contributed by atoms with Crippen molar-refractivity contribution in [3.05, 3.63) is 30.1 Å². The molecule has 0 amide bonds. The van der Waals surface area contributed by atoms with Gasteiger partial charge < -0.3 is 10.2 Å². The van der Waals surface area contributed by atoms with Crippen molar-refractivity contribution < 1.29 is 0 Å². The molecule has 1 aliphatic heterocycles. The van der Waals surface area contributed by atoms with Gasteiger partial charge in [-0.25, -0.2) is 0 Å². The standard InChI is InChI=1S/C12H19N3/c1-2-15-8-6-12(10-15)14-9-11-5-3-4-7-13-11/h3-5,7,12,14H,2,6,8-10H2,1H3. The Kier molecular flexibility index (Phi) is 3.69. The van der Waals surface area contributed by atoms with Gasteiger partial charge in [0, 0.05) is 25.3 Å². The molecule has 0 radical (unpaired) electrons. The molecule has 1 N–H and O–H groups in total. The minimum absolute atomic E-state index is 0.645. The summed E-state index contributed by atoms with van der Waals surface area (Å²) in [6.45, 7) is 6.70. The number of likely N-dealkylation sites (N-methyl/N-ethyl adjacent to an activating group) is 1. The van der Waals surface area contributed by atoms with E-state index in [9.17, 15) is 0 Å². The topological polar surface area (TPSA) is 28.2 Å². The summed E-state index contributed by atoms with van der Waals surface area (Å²) in [6, 6.07) is 6.71. The number of nitrogens with one attached hydrogen (secondary N) is 1. The summed E-state index contributed by atoms with van der Waals surface area (Å²) >= 11 is 0. The normalized spacial score (nSPS) is 22.1. The zero-order valence-electron chi connectivity index (χ0n) is 9.32. The summed E-state index contributed by atoms with van der Waals surface area (Å²) in [5.41, 5.74) is 1.13. The average Bonchev–Trinajstić information content (AvgIpc) is 2.76. The fourth-order valence-electron chi connectivity index (χ4n) is 2.04. The van der Waals surface area contributed by atoms with E-state index in [4.69, 9.17) is 0 Å². The first-order chi connectivity index (χ1) is 7.38. The predicted molar refractivity (Wildman–Crippen MR) is 61.6 cm³/mol. The molecule has 0 saturated carbocycles. The number of hydrogen-bond donors (Lipinski definition) is 1. The SMILES string of the molecule is CCN1CCC(NCc2ccccn2)C1. The van der Waals surface area contributed by atoms with Gasteiger partial charge in [0.25, 0.3) is 0 Å². The van der Waals surface area contributed by atoms with Gasteiger partial charge in [0.15, 0.2) is 0 Å². The predicted octanol–water partition coefficient (Wildman–Crippen LogP) is 1.27. The molecule has 1 atom stereocenters. The Balaban J connectivity index is 1.75. The number of nitrogens with zero attached hydrogens (tertiary/aromatic N) is 2. The first kappa shape index (κ1) is 10.6. The molecule has 3 heteroatoms. The lowest BCUT2D eigenvalue weighted by Gasteiger charge is -2.14. The van der Waals surface area contributed by atoms with Gasteiger partial charge in [-0.1, -0.05) is 13.0 Å². The number of aromatic nitrogens is 1. The van der Waals surface area contributed by atoms with Crippen molar-refractivity contribution in [2.24, 2.45) is 0 Å². The van der Waals surface area contributed by atoms with Crippen molar-refractivity contribution in [3.63, 3.8) is 0 Å². The van der Waals surface area contributed by atoms with Gasteiger partial charge in [-0.15, -0.1) is 0 Å². The Morgan fingerprint density at radius 3 is 3.13 bits per heavy atom. The molecule has 0 aliphatic carbocycles. The van der Waals surface area contributed by atoms with Gasteiger partial charge in [0.1, 0.15) is 0 Å². The van der Waals surface area contributed by atoms with Crippen molar-refractivity contribution in [3.8, 4) is 0 Å². The molecule has 0 aromatic carbocycles. The molecule has 3 nitrogen and oxygen atoms in total. The molecule has 2 heterocycles. The maximum atomic E-state index is 4.30. The zero-order valence-corrected chi connectivity index (χ0v) is 9.32. The molecule has 0 spiro atoms. The highest BCUT2D eigenvalue weighted by atomic mass is 15.2. The highest BCUT2D eigenvalue weighted by Gasteiger charge is 2.20.